The minimum absolute atomic E-state index is 0.162. The monoisotopic (exact) mass is 366 g/mol. The molecule has 0 radical (unpaired) electrons. The van der Waals surface area contributed by atoms with E-state index >= 15 is 0 Å². The Labute approximate surface area is 157 Å². The summed E-state index contributed by atoms with van der Waals surface area (Å²) in [6.07, 6.45) is 0.432. The minimum Gasteiger partial charge on any atom is -0.478 e. The Kier molecular flexibility index (Phi) is 4.99. The summed E-state index contributed by atoms with van der Waals surface area (Å²) in [5, 5.41) is 9.16. The highest BCUT2D eigenvalue weighted by atomic mass is 16.6. The highest BCUT2D eigenvalue weighted by molar-refractivity contribution is 5.92. The average molecular weight is 366 g/mol. The van der Waals surface area contributed by atoms with Crippen LogP contribution in [0, 0.1) is 0 Å². The molecule has 6 nitrogen and oxygen atoms in total. The summed E-state index contributed by atoms with van der Waals surface area (Å²) in [6, 6.07) is 14.3. The maximum Gasteiger partial charge on any atom is 0.335 e. The van der Waals surface area contributed by atoms with Crippen LogP contribution in [0.5, 0.6) is 0 Å². The summed E-state index contributed by atoms with van der Waals surface area (Å²) >= 11 is 0. The van der Waals surface area contributed by atoms with E-state index in [2.05, 4.69) is 9.97 Å². The number of carboxylic acid groups (broad SMARTS) is 1. The Hall–Kier alpha value is -3.15. The van der Waals surface area contributed by atoms with Gasteiger partial charge >= 0.3 is 11.9 Å². The number of nitrogens with one attached hydrogen (secondary N) is 1. The molecule has 3 aromatic rings. The SMILES string of the molecule is CC(C)(C)OC(=O)[C@@H](Cc1ccccc1)c1nc2ccc(C(=O)O)cc2[nH]1. The van der Waals surface area contributed by atoms with Gasteiger partial charge in [-0.15, -0.1) is 0 Å². The Morgan fingerprint density at radius 2 is 1.85 bits per heavy atom. The molecule has 1 aromatic heterocycles. The van der Waals surface area contributed by atoms with E-state index in [4.69, 9.17) is 9.84 Å². The van der Waals surface area contributed by atoms with Crippen LogP contribution in [0.3, 0.4) is 0 Å². The summed E-state index contributed by atoms with van der Waals surface area (Å²) in [4.78, 5) is 31.6. The van der Waals surface area contributed by atoms with Gasteiger partial charge in [0.1, 0.15) is 17.3 Å². The standard InChI is InChI=1S/C21H22N2O4/c1-21(2,3)27-20(26)15(11-13-7-5-4-6-8-13)18-22-16-10-9-14(19(24)25)12-17(16)23-18/h4-10,12,15H,11H2,1-3H3,(H,22,23)(H,24,25)/t15-/m0/s1. The van der Waals surface area contributed by atoms with Crippen LogP contribution in [0.15, 0.2) is 48.5 Å². The fourth-order valence-corrected chi connectivity index (χ4v) is 2.84. The number of ether oxygens (including phenoxy) is 1. The molecule has 0 aliphatic carbocycles. The molecule has 0 saturated heterocycles. The number of hydrogen-bond donors (Lipinski definition) is 2. The molecule has 0 spiro atoms. The van der Waals surface area contributed by atoms with Crippen molar-refractivity contribution >= 4 is 23.0 Å². The van der Waals surface area contributed by atoms with E-state index in [0.29, 0.717) is 23.3 Å². The third-order valence-electron chi connectivity index (χ3n) is 4.05. The van der Waals surface area contributed by atoms with Crippen LogP contribution >= 0.6 is 0 Å². The van der Waals surface area contributed by atoms with Crippen molar-refractivity contribution in [1.29, 1.82) is 0 Å². The van der Waals surface area contributed by atoms with E-state index in [9.17, 15) is 9.59 Å². The number of rotatable bonds is 5. The van der Waals surface area contributed by atoms with Gasteiger partial charge in [0.05, 0.1) is 16.6 Å². The normalized spacial score (nSPS) is 12.7. The molecule has 1 heterocycles. The van der Waals surface area contributed by atoms with Gasteiger partial charge < -0.3 is 14.8 Å². The van der Waals surface area contributed by atoms with Gasteiger partial charge in [-0.25, -0.2) is 9.78 Å². The minimum atomic E-state index is -1.01. The summed E-state index contributed by atoms with van der Waals surface area (Å²) in [7, 11) is 0. The predicted octanol–water partition coefficient (Wildman–Crippen LogP) is 3.93. The molecular formula is C21H22N2O4. The second kappa shape index (κ2) is 7.23. The van der Waals surface area contributed by atoms with Gasteiger partial charge in [0.15, 0.2) is 0 Å². The molecule has 0 fully saturated rings. The number of fused-ring (bicyclic) bond motifs is 1. The maximum absolute atomic E-state index is 12.8. The first-order valence-electron chi connectivity index (χ1n) is 8.73. The number of imidazole rings is 1. The molecule has 2 aromatic carbocycles. The maximum atomic E-state index is 12.8. The van der Waals surface area contributed by atoms with E-state index in [-0.39, 0.29) is 11.5 Å². The van der Waals surface area contributed by atoms with E-state index in [1.54, 1.807) is 6.07 Å². The Morgan fingerprint density at radius 1 is 1.15 bits per heavy atom. The summed E-state index contributed by atoms with van der Waals surface area (Å²) < 4.78 is 5.59. The molecule has 1 atom stereocenters. The molecule has 2 N–H and O–H groups in total. The molecule has 0 aliphatic heterocycles. The van der Waals surface area contributed by atoms with E-state index in [0.717, 1.165) is 5.56 Å². The first-order valence-corrected chi connectivity index (χ1v) is 8.73. The van der Waals surface area contributed by atoms with Crippen LogP contribution in [0.25, 0.3) is 11.0 Å². The lowest BCUT2D eigenvalue weighted by atomic mass is 9.98. The van der Waals surface area contributed by atoms with Crippen molar-refractivity contribution < 1.29 is 19.4 Å². The molecule has 0 unspecified atom stereocenters. The van der Waals surface area contributed by atoms with Gasteiger partial charge in [-0.05, 0) is 51.0 Å². The van der Waals surface area contributed by atoms with Gasteiger partial charge in [-0.3, -0.25) is 4.79 Å². The molecule has 3 rings (SSSR count). The number of esters is 1. The quantitative estimate of drug-likeness (QED) is 0.668. The molecule has 0 saturated carbocycles. The zero-order valence-corrected chi connectivity index (χ0v) is 15.5. The fourth-order valence-electron chi connectivity index (χ4n) is 2.84. The summed E-state index contributed by atoms with van der Waals surface area (Å²) in [6.45, 7) is 5.47. The molecule has 0 aliphatic rings. The van der Waals surface area contributed by atoms with Crippen LogP contribution in [0.4, 0.5) is 0 Å². The number of aromatic nitrogens is 2. The Balaban J connectivity index is 1.99. The second-order valence-corrected chi connectivity index (χ2v) is 7.43. The predicted molar refractivity (Wildman–Crippen MR) is 102 cm³/mol. The van der Waals surface area contributed by atoms with E-state index in [1.807, 2.05) is 51.1 Å². The van der Waals surface area contributed by atoms with Crippen molar-refractivity contribution in [2.75, 3.05) is 0 Å². The molecule has 6 heteroatoms. The van der Waals surface area contributed by atoms with E-state index in [1.165, 1.54) is 12.1 Å². The zero-order valence-electron chi connectivity index (χ0n) is 15.5. The van der Waals surface area contributed by atoms with Crippen molar-refractivity contribution in [2.45, 2.75) is 38.7 Å². The number of hydrogen-bond acceptors (Lipinski definition) is 4. The summed E-state index contributed by atoms with van der Waals surface area (Å²) in [5.74, 6) is -1.54. The van der Waals surface area contributed by atoms with E-state index < -0.39 is 17.5 Å². The number of aromatic amines is 1. The third-order valence-corrected chi connectivity index (χ3v) is 4.05. The largest absolute Gasteiger partial charge is 0.478 e. The third kappa shape index (κ3) is 4.53. The molecule has 0 bridgehead atoms. The van der Waals surface area contributed by atoms with Crippen molar-refractivity contribution in [3.63, 3.8) is 0 Å². The molecule has 140 valence electrons. The number of carbonyl (C=O) groups excluding carboxylic acids is 1. The lowest BCUT2D eigenvalue weighted by molar-refractivity contribution is -0.156. The Bertz CT molecular complexity index is 971. The van der Waals surface area contributed by atoms with Crippen LogP contribution in [-0.2, 0) is 16.0 Å². The number of carbonyl (C=O) groups is 2. The highest BCUT2D eigenvalue weighted by Crippen LogP contribution is 2.25. The van der Waals surface area contributed by atoms with Crippen molar-refractivity contribution in [3.05, 3.63) is 65.5 Å². The molecular weight excluding hydrogens is 344 g/mol. The number of nitrogens with zero attached hydrogens (tertiary/aromatic N) is 1. The second-order valence-electron chi connectivity index (χ2n) is 7.43. The number of benzene rings is 2. The lowest BCUT2D eigenvalue weighted by Crippen LogP contribution is -2.29. The van der Waals surface area contributed by atoms with Crippen molar-refractivity contribution in [3.8, 4) is 0 Å². The fraction of sp³-hybridized carbons (Fsp3) is 0.286. The summed E-state index contributed by atoms with van der Waals surface area (Å²) in [5.41, 5.74) is 1.71. The van der Waals surface area contributed by atoms with Crippen LogP contribution < -0.4 is 0 Å². The first kappa shape index (κ1) is 18.6. The molecule has 27 heavy (non-hydrogen) atoms. The van der Waals surface area contributed by atoms with Crippen LogP contribution in [0.2, 0.25) is 0 Å². The molecule has 0 amide bonds. The van der Waals surface area contributed by atoms with Crippen molar-refractivity contribution in [2.24, 2.45) is 0 Å². The van der Waals surface area contributed by atoms with Gasteiger partial charge in [0.25, 0.3) is 0 Å². The van der Waals surface area contributed by atoms with Crippen LogP contribution in [-0.4, -0.2) is 32.6 Å². The topological polar surface area (TPSA) is 92.3 Å². The Morgan fingerprint density at radius 3 is 2.48 bits per heavy atom. The highest BCUT2D eigenvalue weighted by Gasteiger charge is 2.29. The van der Waals surface area contributed by atoms with Gasteiger partial charge in [0, 0.05) is 0 Å². The van der Waals surface area contributed by atoms with Crippen LogP contribution in [0.1, 0.15) is 48.4 Å². The number of carboxylic acids is 1. The number of H-pyrrole nitrogens is 1. The van der Waals surface area contributed by atoms with Gasteiger partial charge in [-0.1, -0.05) is 30.3 Å². The van der Waals surface area contributed by atoms with Gasteiger partial charge in [0.2, 0.25) is 0 Å². The number of aromatic carboxylic acids is 1. The van der Waals surface area contributed by atoms with Crippen molar-refractivity contribution in [1.82, 2.24) is 9.97 Å². The zero-order chi connectivity index (χ0) is 19.6. The average Bonchev–Trinajstić information content (AvgIpc) is 3.01. The van der Waals surface area contributed by atoms with Gasteiger partial charge in [-0.2, -0.15) is 0 Å². The smallest absolute Gasteiger partial charge is 0.335 e. The first-order chi connectivity index (χ1) is 12.7. The lowest BCUT2D eigenvalue weighted by Gasteiger charge is -2.23.